The normalized spacial score (nSPS) is 27.6. The Balaban J connectivity index is 1.82. The first-order valence-electron chi connectivity index (χ1n) is 32.6. The molecule has 2 aliphatic heterocycles. The lowest BCUT2D eigenvalue weighted by Crippen LogP contribution is -2.59. The highest BCUT2D eigenvalue weighted by atomic mass is 16.6. The molecule has 2 rings (SSSR count). The van der Waals surface area contributed by atoms with Gasteiger partial charge in [-0.1, -0.05) is 92.0 Å². The summed E-state index contributed by atoms with van der Waals surface area (Å²) in [5.41, 5.74) is 0.416. The second-order valence-electron chi connectivity index (χ2n) is 25.3. The summed E-state index contributed by atoms with van der Waals surface area (Å²) in [5, 5.41) is 243. The minimum atomic E-state index is -1.86. The van der Waals surface area contributed by atoms with Crippen LogP contribution in [0.25, 0.3) is 0 Å². The van der Waals surface area contributed by atoms with Crippen LogP contribution in [0, 0.1) is 5.92 Å². The molecule has 25 heteroatoms. The van der Waals surface area contributed by atoms with E-state index in [0.717, 1.165) is 0 Å². The van der Waals surface area contributed by atoms with Gasteiger partial charge in [0, 0.05) is 25.2 Å². The van der Waals surface area contributed by atoms with Crippen molar-refractivity contribution in [2.45, 2.75) is 307 Å². The molecule has 0 spiro atoms. The van der Waals surface area contributed by atoms with E-state index in [9.17, 15) is 112 Å². The second kappa shape index (κ2) is 46.2. The minimum Gasteiger partial charge on any atom is -0.394 e. The van der Waals surface area contributed by atoms with Gasteiger partial charge in [-0.3, -0.25) is 0 Å². The third-order valence-corrected chi connectivity index (χ3v) is 17.2. The van der Waals surface area contributed by atoms with Gasteiger partial charge in [-0.15, -0.1) is 6.58 Å². The summed E-state index contributed by atoms with van der Waals surface area (Å²) in [6.07, 6.45) is -12.7. The molecule has 0 aromatic carbocycles. The molecular weight excluding hydrogens is 1200 g/mol. The average Bonchev–Trinajstić information content (AvgIpc) is 0.855. The third kappa shape index (κ3) is 32.3. The zero-order chi connectivity index (χ0) is 69.2. The summed E-state index contributed by atoms with van der Waals surface area (Å²) in [5.74, 6) is -1.05. The largest absolute Gasteiger partial charge is 0.394 e. The molecule has 0 aromatic rings. The summed E-state index contributed by atoms with van der Waals surface area (Å²) in [6.45, 7) is 10.1. The van der Waals surface area contributed by atoms with Crippen LogP contribution in [-0.4, -0.2) is 283 Å². The molecular formula is C67H116O25. The van der Waals surface area contributed by atoms with Crippen molar-refractivity contribution in [1.82, 2.24) is 0 Å². The fraction of sp³-hybridized carbons (Fsp3) is 0.761. The van der Waals surface area contributed by atoms with E-state index in [1.807, 2.05) is 0 Å². The maximum Gasteiger partial charge on any atom is 0.115 e. The first kappa shape index (κ1) is 85.0. The fourth-order valence-electron chi connectivity index (χ4n) is 11.0. The molecule has 0 saturated carbocycles. The molecule has 25 nitrogen and oxygen atoms in total. The number of ether oxygens (including phenoxy) is 2. The average molecular weight is 1320 g/mol. The summed E-state index contributed by atoms with van der Waals surface area (Å²) in [6, 6.07) is 0. The predicted molar refractivity (Wildman–Crippen MR) is 341 cm³/mol. The zero-order valence-corrected chi connectivity index (χ0v) is 53.6. The first-order chi connectivity index (χ1) is 43.4. The number of allylic oxidation sites excluding steroid dienone is 5. The smallest absolute Gasteiger partial charge is 0.115 e. The van der Waals surface area contributed by atoms with Crippen molar-refractivity contribution in [3.63, 3.8) is 0 Å². The molecule has 2 heterocycles. The van der Waals surface area contributed by atoms with Crippen LogP contribution in [0.1, 0.15) is 149 Å². The van der Waals surface area contributed by atoms with Crippen LogP contribution in [0.15, 0.2) is 97.2 Å². The zero-order valence-electron chi connectivity index (χ0n) is 53.6. The molecule has 2 aliphatic rings. The van der Waals surface area contributed by atoms with Gasteiger partial charge in [-0.05, 0) is 128 Å². The van der Waals surface area contributed by atoms with Gasteiger partial charge in [0.1, 0.15) is 61.0 Å². The second-order valence-corrected chi connectivity index (χ2v) is 25.3. The van der Waals surface area contributed by atoms with E-state index in [0.29, 0.717) is 76.2 Å². The summed E-state index contributed by atoms with van der Waals surface area (Å²) in [4.78, 5) is 0. The van der Waals surface area contributed by atoms with E-state index in [4.69, 9.17) is 14.6 Å². The predicted octanol–water partition coefficient (Wildman–Crippen LogP) is -1.25. The van der Waals surface area contributed by atoms with Crippen LogP contribution >= 0.6 is 0 Å². The summed E-state index contributed by atoms with van der Waals surface area (Å²) < 4.78 is 11.6. The summed E-state index contributed by atoms with van der Waals surface area (Å²) >= 11 is 0. The van der Waals surface area contributed by atoms with Crippen molar-refractivity contribution in [2.24, 2.45) is 5.92 Å². The van der Waals surface area contributed by atoms with Gasteiger partial charge >= 0.3 is 0 Å². The molecule has 534 valence electrons. The van der Waals surface area contributed by atoms with Crippen LogP contribution in [0.2, 0.25) is 0 Å². The molecule has 27 atom stereocenters. The molecule has 0 amide bonds. The number of aliphatic hydroxyl groups excluding tert-OH is 23. The van der Waals surface area contributed by atoms with E-state index < -0.39 is 171 Å². The van der Waals surface area contributed by atoms with E-state index in [1.165, 1.54) is 25.2 Å². The highest BCUT2D eigenvalue weighted by Crippen LogP contribution is 2.32. The van der Waals surface area contributed by atoms with Crippen LogP contribution in [0.3, 0.4) is 0 Å². The Morgan fingerprint density at radius 3 is 1.65 bits per heavy atom. The Labute approximate surface area is 542 Å². The lowest BCUT2D eigenvalue weighted by molar-refractivity contribution is -0.234. The van der Waals surface area contributed by atoms with Crippen molar-refractivity contribution in [2.75, 3.05) is 6.61 Å². The van der Waals surface area contributed by atoms with Gasteiger partial charge < -0.3 is 127 Å². The Morgan fingerprint density at radius 2 is 1.04 bits per heavy atom. The van der Waals surface area contributed by atoms with Gasteiger partial charge in [-0.2, -0.15) is 0 Å². The van der Waals surface area contributed by atoms with Gasteiger partial charge in [0.2, 0.25) is 0 Å². The van der Waals surface area contributed by atoms with E-state index >= 15 is 0 Å². The molecule has 2 saturated heterocycles. The lowest BCUT2D eigenvalue weighted by atomic mass is 9.86. The molecule has 0 radical (unpaired) electrons. The molecule has 0 aromatic heterocycles. The third-order valence-electron chi connectivity index (χ3n) is 17.2. The topological polar surface area (TPSA) is 484 Å². The Hall–Kier alpha value is -3.08. The molecule has 23 N–H and O–H groups in total. The van der Waals surface area contributed by atoms with Gasteiger partial charge in [0.05, 0.1) is 104 Å². The van der Waals surface area contributed by atoms with Gasteiger partial charge in [-0.25, -0.2) is 0 Å². The van der Waals surface area contributed by atoms with Crippen molar-refractivity contribution < 1.29 is 127 Å². The van der Waals surface area contributed by atoms with Gasteiger partial charge in [0.25, 0.3) is 0 Å². The molecule has 0 unspecified atom stereocenters. The quantitative estimate of drug-likeness (QED) is 0.0192. The molecule has 0 bridgehead atoms. The van der Waals surface area contributed by atoms with E-state index in [2.05, 4.69) is 13.2 Å². The van der Waals surface area contributed by atoms with E-state index in [1.54, 1.807) is 61.6 Å². The highest BCUT2D eigenvalue weighted by Gasteiger charge is 2.47. The van der Waals surface area contributed by atoms with E-state index in [-0.39, 0.29) is 70.0 Å². The van der Waals surface area contributed by atoms with Crippen LogP contribution in [0.5, 0.6) is 0 Å². The molecule has 92 heavy (non-hydrogen) atoms. The highest BCUT2D eigenvalue weighted by molar-refractivity contribution is 5.11. The summed E-state index contributed by atoms with van der Waals surface area (Å²) in [7, 11) is 0. The number of unbranched alkanes of at least 4 members (excludes halogenated alkanes) is 1. The monoisotopic (exact) mass is 1320 g/mol. The Bertz CT molecular complexity index is 2160. The SMILES string of the molecule is C=CCC[C@@H](O)/C=C/C=C/[C@H](O)CCC/C=C/[C@H](O)[C@@H](O)[C@H]1O[C@@H]([C@@H](O)[C@@H](O)C(=C)CC[C@@H](O)[C@H]2C[C@@H](O)[C@H](O)[C@@H]([C@@H](O)[C@@H](O)/C=C(\C)CC[C@@H](O)C[C@@H](O)[C@@H](O)[C@H](C)[C@H](O)[C@H](O)C/C=C/C[C@@H](O)/C=C/C[C@H](O)CCC[C@H](O)CCC[C@H](O)CO)O2)C[C@@H](O)[C@@H]1O. The lowest BCUT2D eigenvalue weighted by Gasteiger charge is -2.42. The van der Waals surface area contributed by atoms with Crippen molar-refractivity contribution in [1.29, 1.82) is 0 Å². The number of rotatable bonds is 48. The van der Waals surface area contributed by atoms with Crippen LogP contribution in [0.4, 0.5) is 0 Å². The van der Waals surface area contributed by atoms with Gasteiger partial charge in [0.15, 0.2) is 0 Å². The Morgan fingerprint density at radius 1 is 0.500 bits per heavy atom. The number of aliphatic hydroxyl groups is 23. The fourth-order valence-corrected chi connectivity index (χ4v) is 11.0. The van der Waals surface area contributed by atoms with Crippen LogP contribution in [-0.2, 0) is 9.47 Å². The number of hydrogen-bond donors (Lipinski definition) is 23. The maximum absolute atomic E-state index is 11.2. The Kier molecular flexibility index (Phi) is 42.7. The first-order valence-corrected chi connectivity index (χ1v) is 32.6. The molecule has 0 aliphatic carbocycles. The maximum atomic E-state index is 11.2. The van der Waals surface area contributed by atoms with Crippen molar-refractivity contribution in [3.8, 4) is 0 Å². The standard InChI is InChI=1S/C67H116O25/c1-5-6-17-42(69)19-10-11-20-43(70)18-8-7-9-28-51(78)61(86)66-64(89)55(82)37-57(92-66)65(90)58(83)40(3)31-33-49(76)56-36-54(81)63(88)67(91-56)62(87)52(79)34-39(2)30-32-47(74)35-53(80)60(85)41(4)59(84)50(77)29-13-12-21-44(71)22-14-23-45(72)24-15-25-46(73)26-16-27-48(75)38-68/h5,9-14,19-20,22,28,34,41-90H,1,3,6-8,15-18,21,23-27,29-33,35-38H2,2,4H3/b13-12+,19-10+,20-11+,22-14+,28-9+,39-34+/t41-,42-,43-,44-,45+,46+,47-,48+,49-,50-,51+,52+,53-,54-,55-,56-,57-,58+,59+,60+,61-,62+,63+,64+,65-,66-,67-/m1/s1. The van der Waals surface area contributed by atoms with Crippen molar-refractivity contribution >= 4 is 0 Å². The van der Waals surface area contributed by atoms with Crippen molar-refractivity contribution in [3.05, 3.63) is 97.2 Å². The van der Waals surface area contributed by atoms with Crippen LogP contribution < -0.4 is 0 Å². The number of hydrogen-bond acceptors (Lipinski definition) is 25. The molecule has 2 fully saturated rings. The minimum absolute atomic E-state index is 0.00373.